The highest BCUT2D eigenvalue weighted by molar-refractivity contribution is 7.89. The molecule has 8 heteroatoms. The maximum Gasteiger partial charge on any atom is 0.222 e. The van der Waals surface area contributed by atoms with E-state index in [4.69, 9.17) is 0 Å². The zero-order chi connectivity index (χ0) is 20.6. The fourth-order valence-electron chi connectivity index (χ4n) is 3.04. The number of hydrogen-bond donors (Lipinski definition) is 0. The molecular formula is C20H40N4O3S. The van der Waals surface area contributed by atoms with E-state index >= 15 is 0 Å². The fourth-order valence-corrected chi connectivity index (χ4v) is 4.82. The van der Waals surface area contributed by atoms with Crippen molar-refractivity contribution in [1.82, 2.24) is 19.0 Å². The minimum atomic E-state index is -2.85. The van der Waals surface area contributed by atoms with E-state index in [2.05, 4.69) is 32.8 Å². The van der Waals surface area contributed by atoms with E-state index in [9.17, 15) is 13.2 Å². The van der Waals surface area contributed by atoms with Crippen molar-refractivity contribution in [3.63, 3.8) is 0 Å². The predicted molar refractivity (Wildman–Crippen MR) is 116 cm³/mol. The first-order valence-electron chi connectivity index (χ1n) is 9.84. The van der Waals surface area contributed by atoms with Crippen molar-refractivity contribution < 1.29 is 13.2 Å². The molecule has 1 aromatic rings. The van der Waals surface area contributed by atoms with E-state index in [1.165, 1.54) is 0 Å². The smallest absolute Gasteiger partial charge is 0.222 e. The third-order valence-electron chi connectivity index (χ3n) is 4.50. The molecule has 1 aromatic heterocycles. The summed E-state index contributed by atoms with van der Waals surface area (Å²) in [7, 11) is -2.85. The predicted octanol–water partition coefficient (Wildman–Crippen LogP) is 3.55. The molecule has 0 aromatic carbocycles. The second-order valence-electron chi connectivity index (χ2n) is 7.74. The Morgan fingerprint density at radius 3 is 1.82 bits per heavy atom. The second-order valence-corrected chi connectivity index (χ2v) is 9.78. The van der Waals surface area contributed by atoms with Crippen LogP contribution >= 0.6 is 0 Å². The number of carbonyl (C=O) groups is 1. The summed E-state index contributed by atoms with van der Waals surface area (Å²) in [6.07, 6.45) is 6.36. The zero-order valence-corrected chi connectivity index (χ0v) is 18.4. The lowest BCUT2D eigenvalue weighted by Crippen LogP contribution is -2.32. The molecule has 2 saturated heterocycles. The van der Waals surface area contributed by atoms with Crippen molar-refractivity contribution in [2.75, 3.05) is 18.8 Å². The maximum atomic E-state index is 11.1. The number of sulfonamides is 1. The van der Waals surface area contributed by atoms with Crippen LogP contribution in [0, 0.1) is 0 Å². The molecule has 1 amide bonds. The van der Waals surface area contributed by atoms with Crippen LogP contribution in [0.1, 0.15) is 74.3 Å². The van der Waals surface area contributed by atoms with Gasteiger partial charge in [0.05, 0.1) is 5.75 Å². The number of aromatic nitrogens is 2. The molecule has 0 atom stereocenters. The van der Waals surface area contributed by atoms with Gasteiger partial charge in [0, 0.05) is 50.0 Å². The van der Waals surface area contributed by atoms with E-state index in [1.54, 1.807) is 10.5 Å². The van der Waals surface area contributed by atoms with Gasteiger partial charge in [-0.2, -0.15) is 9.40 Å². The number of amides is 1. The lowest BCUT2D eigenvalue weighted by atomic mass is 10.3. The maximum absolute atomic E-state index is 11.1. The Hall–Kier alpha value is -1.41. The largest absolute Gasteiger partial charge is 0.340 e. The summed E-state index contributed by atoms with van der Waals surface area (Å²) in [5.74, 6) is 0.663. The summed E-state index contributed by atoms with van der Waals surface area (Å²) >= 11 is 0. The Morgan fingerprint density at radius 2 is 1.61 bits per heavy atom. The summed E-state index contributed by atoms with van der Waals surface area (Å²) in [5.41, 5.74) is 0. The first-order valence-corrected chi connectivity index (χ1v) is 11.4. The number of hydrogen-bond acceptors (Lipinski definition) is 4. The van der Waals surface area contributed by atoms with Gasteiger partial charge in [0.1, 0.15) is 0 Å². The second kappa shape index (κ2) is 12.2. The summed E-state index contributed by atoms with van der Waals surface area (Å²) < 4.78 is 25.7. The van der Waals surface area contributed by atoms with Gasteiger partial charge >= 0.3 is 0 Å². The van der Waals surface area contributed by atoms with E-state index < -0.39 is 10.0 Å². The Morgan fingerprint density at radius 1 is 0.964 bits per heavy atom. The Bertz CT molecular complexity index is 655. The van der Waals surface area contributed by atoms with Crippen molar-refractivity contribution >= 4 is 15.9 Å². The van der Waals surface area contributed by atoms with Crippen molar-refractivity contribution in [3.8, 4) is 0 Å². The highest BCUT2D eigenvalue weighted by Gasteiger charge is 2.29. The highest BCUT2D eigenvalue weighted by Crippen LogP contribution is 2.16. The normalized spacial score (nSPS) is 18.6. The van der Waals surface area contributed by atoms with Gasteiger partial charge < -0.3 is 4.90 Å². The van der Waals surface area contributed by atoms with Gasteiger partial charge in [0.25, 0.3) is 0 Å². The molecule has 0 N–H and O–H groups in total. The van der Waals surface area contributed by atoms with Crippen molar-refractivity contribution in [1.29, 1.82) is 0 Å². The van der Waals surface area contributed by atoms with Crippen LogP contribution < -0.4 is 0 Å². The molecule has 0 saturated carbocycles. The van der Waals surface area contributed by atoms with Crippen molar-refractivity contribution in [2.24, 2.45) is 0 Å². The molecule has 2 aliphatic heterocycles. The third kappa shape index (κ3) is 8.31. The minimum Gasteiger partial charge on any atom is -0.340 e. The monoisotopic (exact) mass is 416 g/mol. The van der Waals surface area contributed by atoms with Crippen molar-refractivity contribution in [3.05, 3.63) is 18.5 Å². The summed E-state index contributed by atoms with van der Waals surface area (Å²) in [6, 6.07) is 2.96. The average molecular weight is 417 g/mol. The number of carbonyl (C=O) groups excluding carboxylic acids is 1. The van der Waals surface area contributed by atoms with E-state index in [0.717, 1.165) is 25.8 Å². The molecule has 0 radical (unpaired) electrons. The summed E-state index contributed by atoms with van der Waals surface area (Å²) in [4.78, 5) is 12.9. The van der Waals surface area contributed by atoms with Crippen molar-refractivity contribution in [2.45, 2.75) is 86.4 Å². The Kier molecular flexibility index (Phi) is 11.6. The molecule has 164 valence electrons. The van der Waals surface area contributed by atoms with E-state index in [-0.39, 0.29) is 13.5 Å². The van der Waals surface area contributed by atoms with Crippen LogP contribution in [0.4, 0.5) is 0 Å². The standard InChI is InChI=1S/C7H13NO.C6H10N2.C6H13NO2S.CH4/c1-6(2)8-5-3-4-7(8)9;1-6(2)8-5-3-4-7-8;1-6(2)7-4-3-5-10(7,8)9;/h6H,3-5H2,1-2H3;3-6H,1-2H3;6H,3-5H2,1-2H3;1H4. The van der Waals surface area contributed by atoms with Crippen LogP contribution in [0.3, 0.4) is 0 Å². The topological polar surface area (TPSA) is 75.5 Å². The zero-order valence-electron chi connectivity index (χ0n) is 17.6. The number of likely N-dealkylation sites (tertiary alicyclic amines) is 1. The molecule has 3 heterocycles. The van der Waals surface area contributed by atoms with Crippen LogP contribution in [0.25, 0.3) is 0 Å². The fraction of sp³-hybridized carbons (Fsp3) is 0.800. The molecule has 0 unspecified atom stereocenters. The molecule has 0 aliphatic carbocycles. The van der Waals surface area contributed by atoms with Gasteiger partial charge in [-0.05, 0) is 60.5 Å². The van der Waals surface area contributed by atoms with Crippen LogP contribution in [0.5, 0.6) is 0 Å². The average Bonchev–Trinajstić information content (AvgIpc) is 3.28. The SMILES string of the molecule is C.CC(C)N1CCCC1=O.CC(C)N1CCCS1(=O)=O.CC(C)n1cccn1. The minimum absolute atomic E-state index is 0. The molecule has 28 heavy (non-hydrogen) atoms. The molecule has 2 fully saturated rings. The van der Waals surface area contributed by atoms with Gasteiger partial charge in [-0.3, -0.25) is 9.48 Å². The first-order chi connectivity index (χ1) is 12.6. The Balaban J connectivity index is 0.000000386. The number of nitrogens with zero attached hydrogens (tertiary/aromatic N) is 4. The lowest BCUT2D eigenvalue weighted by Gasteiger charge is -2.19. The molecular weight excluding hydrogens is 376 g/mol. The molecule has 7 nitrogen and oxygen atoms in total. The molecule has 3 rings (SSSR count). The molecule has 0 spiro atoms. The van der Waals surface area contributed by atoms with Crippen LogP contribution in [-0.4, -0.2) is 64.2 Å². The number of rotatable bonds is 3. The van der Waals surface area contributed by atoms with Gasteiger partial charge in [0.2, 0.25) is 15.9 Å². The van der Waals surface area contributed by atoms with Crippen LogP contribution in [-0.2, 0) is 14.8 Å². The van der Waals surface area contributed by atoms with E-state index in [0.29, 0.717) is 30.3 Å². The molecule has 2 aliphatic rings. The van der Waals surface area contributed by atoms with Gasteiger partial charge in [0.15, 0.2) is 0 Å². The summed E-state index contributed by atoms with van der Waals surface area (Å²) in [5, 5.41) is 4.03. The third-order valence-corrected chi connectivity index (χ3v) is 6.62. The van der Waals surface area contributed by atoms with E-state index in [1.807, 2.05) is 35.7 Å². The first kappa shape index (κ1) is 26.6. The Labute approximate surface area is 172 Å². The van der Waals surface area contributed by atoms with Gasteiger partial charge in [-0.25, -0.2) is 8.42 Å². The lowest BCUT2D eigenvalue weighted by molar-refractivity contribution is -0.129. The van der Waals surface area contributed by atoms with Crippen LogP contribution in [0.2, 0.25) is 0 Å². The quantitative estimate of drug-likeness (QED) is 0.755. The molecule has 0 bridgehead atoms. The highest BCUT2D eigenvalue weighted by atomic mass is 32.2. The summed E-state index contributed by atoms with van der Waals surface area (Å²) in [6.45, 7) is 13.8. The van der Waals surface area contributed by atoms with Gasteiger partial charge in [-0.15, -0.1) is 0 Å². The van der Waals surface area contributed by atoms with Gasteiger partial charge in [-0.1, -0.05) is 7.43 Å². The van der Waals surface area contributed by atoms with Crippen LogP contribution in [0.15, 0.2) is 18.5 Å².